The molecule has 5 heteroatoms. The van der Waals surface area contributed by atoms with Crippen LogP contribution >= 0.6 is 0 Å². The summed E-state index contributed by atoms with van der Waals surface area (Å²) >= 11 is 0. The van der Waals surface area contributed by atoms with E-state index in [4.69, 9.17) is 5.11 Å². The summed E-state index contributed by atoms with van der Waals surface area (Å²) in [6.45, 7) is 2.70. The van der Waals surface area contributed by atoms with E-state index < -0.39 is 12.0 Å². The highest BCUT2D eigenvalue weighted by Gasteiger charge is 2.36. The van der Waals surface area contributed by atoms with Gasteiger partial charge in [-0.25, -0.2) is 9.59 Å². The first kappa shape index (κ1) is 15.1. The quantitative estimate of drug-likeness (QED) is 0.832. The lowest BCUT2D eigenvalue weighted by Crippen LogP contribution is -2.55. The van der Waals surface area contributed by atoms with Crippen LogP contribution in [0.2, 0.25) is 0 Å². The molecule has 5 nitrogen and oxygen atoms in total. The van der Waals surface area contributed by atoms with Gasteiger partial charge in [-0.15, -0.1) is 0 Å². The molecule has 2 fully saturated rings. The van der Waals surface area contributed by atoms with Crippen molar-refractivity contribution >= 4 is 12.0 Å². The molecule has 0 aromatic heterocycles. The van der Waals surface area contributed by atoms with Gasteiger partial charge in [-0.1, -0.05) is 26.2 Å². The van der Waals surface area contributed by atoms with Crippen molar-refractivity contribution in [3.05, 3.63) is 0 Å². The molecule has 3 atom stereocenters. The SMILES string of the molecule is CCCC(NC(=O)N1CCC[C@H]2CCCC[C@H]21)C(=O)O. The molecular weight excluding hydrogens is 256 g/mol. The second-order valence-electron chi connectivity index (χ2n) is 6.08. The van der Waals surface area contributed by atoms with Crippen LogP contribution in [0, 0.1) is 5.92 Å². The number of likely N-dealkylation sites (tertiary alicyclic amines) is 1. The zero-order chi connectivity index (χ0) is 14.5. The van der Waals surface area contributed by atoms with E-state index in [1.165, 1.54) is 25.7 Å². The van der Waals surface area contributed by atoms with Crippen LogP contribution in [0.3, 0.4) is 0 Å². The standard InChI is InChI=1S/C15H26N2O3/c1-2-6-12(14(18)19)16-15(20)17-10-5-8-11-7-3-4-9-13(11)17/h11-13H,2-10H2,1H3,(H,16,20)(H,18,19)/t11-,12?,13-/m1/s1. The number of nitrogens with zero attached hydrogens (tertiary/aromatic N) is 1. The Morgan fingerprint density at radius 3 is 2.65 bits per heavy atom. The fraction of sp³-hybridized carbons (Fsp3) is 0.867. The lowest BCUT2D eigenvalue weighted by Gasteiger charge is -2.44. The van der Waals surface area contributed by atoms with Crippen molar-refractivity contribution in [3.63, 3.8) is 0 Å². The third-order valence-electron chi connectivity index (χ3n) is 4.68. The van der Waals surface area contributed by atoms with Gasteiger partial charge >= 0.3 is 12.0 Å². The van der Waals surface area contributed by atoms with Crippen LogP contribution in [0.1, 0.15) is 58.3 Å². The maximum Gasteiger partial charge on any atom is 0.326 e. The Morgan fingerprint density at radius 1 is 1.25 bits per heavy atom. The average molecular weight is 282 g/mol. The second kappa shape index (κ2) is 6.95. The summed E-state index contributed by atoms with van der Waals surface area (Å²) < 4.78 is 0. The van der Waals surface area contributed by atoms with Crippen molar-refractivity contribution in [1.29, 1.82) is 0 Å². The number of urea groups is 1. The molecule has 1 saturated heterocycles. The smallest absolute Gasteiger partial charge is 0.326 e. The molecule has 0 aromatic rings. The van der Waals surface area contributed by atoms with Crippen LogP contribution in [0.5, 0.6) is 0 Å². The summed E-state index contributed by atoms with van der Waals surface area (Å²) in [6.07, 6.45) is 8.24. The van der Waals surface area contributed by atoms with Crippen LogP contribution in [-0.2, 0) is 4.79 Å². The van der Waals surface area contributed by atoms with E-state index >= 15 is 0 Å². The van der Waals surface area contributed by atoms with E-state index in [2.05, 4.69) is 5.32 Å². The molecule has 1 aliphatic heterocycles. The summed E-state index contributed by atoms with van der Waals surface area (Å²) in [5.41, 5.74) is 0. The molecule has 20 heavy (non-hydrogen) atoms. The average Bonchev–Trinajstić information content (AvgIpc) is 2.46. The Balaban J connectivity index is 1.97. The number of carboxylic acid groups (broad SMARTS) is 1. The maximum atomic E-state index is 12.4. The Labute approximate surface area is 120 Å². The summed E-state index contributed by atoms with van der Waals surface area (Å²) in [6, 6.07) is -0.604. The van der Waals surface area contributed by atoms with Crippen molar-refractivity contribution in [2.45, 2.75) is 70.4 Å². The van der Waals surface area contributed by atoms with Crippen molar-refractivity contribution in [1.82, 2.24) is 10.2 Å². The maximum absolute atomic E-state index is 12.4. The van der Waals surface area contributed by atoms with E-state index in [0.717, 1.165) is 25.8 Å². The van der Waals surface area contributed by atoms with E-state index in [1.807, 2.05) is 11.8 Å². The predicted octanol–water partition coefficient (Wildman–Crippen LogP) is 2.60. The highest BCUT2D eigenvalue weighted by molar-refractivity contribution is 5.82. The first-order chi connectivity index (χ1) is 9.63. The number of hydrogen-bond donors (Lipinski definition) is 2. The Hall–Kier alpha value is -1.26. The Morgan fingerprint density at radius 2 is 1.95 bits per heavy atom. The number of hydrogen-bond acceptors (Lipinski definition) is 2. The van der Waals surface area contributed by atoms with Gasteiger partial charge in [-0.2, -0.15) is 0 Å². The lowest BCUT2D eigenvalue weighted by molar-refractivity contribution is -0.139. The number of carbonyl (C=O) groups excluding carboxylic acids is 1. The van der Waals surface area contributed by atoms with Gasteiger partial charge in [0, 0.05) is 12.6 Å². The van der Waals surface area contributed by atoms with Crippen LogP contribution in [0.4, 0.5) is 4.79 Å². The van der Waals surface area contributed by atoms with Gasteiger partial charge in [-0.05, 0) is 38.0 Å². The molecule has 0 radical (unpaired) electrons. The summed E-state index contributed by atoms with van der Waals surface area (Å²) in [5.74, 6) is -0.310. The van der Waals surface area contributed by atoms with Crippen LogP contribution in [0.25, 0.3) is 0 Å². The Kier molecular flexibility index (Phi) is 5.26. The summed E-state index contributed by atoms with van der Waals surface area (Å²) in [4.78, 5) is 25.5. The molecule has 2 amide bonds. The number of rotatable bonds is 4. The van der Waals surface area contributed by atoms with Crippen LogP contribution in [0.15, 0.2) is 0 Å². The lowest BCUT2D eigenvalue weighted by atomic mass is 9.78. The molecule has 1 unspecified atom stereocenters. The van der Waals surface area contributed by atoms with E-state index in [1.54, 1.807) is 0 Å². The highest BCUT2D eigenvalue weighted by atomic mass is 16.4. The van der Waals surface area contributed by atoms with E-state index in [-0.39, 0.29) is 6.03 Å². The first-order valence-electron chi connectivity index (χ1n) is 7.93. The number of amides is 2. The zero-order valence-electron chi connectivity index (χ0n) is 12.3. The van der Waals surface area contributed by atoms with E-state index in [0.29, 0.717) is 18.4 Å². The van der Waals surface area contributed by atoms with Gasteiger partial charge in [0.15, 0.2) is 0 Å². The van der Waals surface area contributed by atoms with Gasteiger partial charge < -0.3 is 15.3 Å². The van der Waals surface area contributed by atoms with Gasteiger partial charge in [0.25, 0.3) is 0 Å². The largest absolute Gasteiger partial charge is 0.480 e. The van der Waals surface area contributed by atoms with E-state index in [9.17, 15) is 9.59 Å². The third-order valence-corrected chi connectivity index (χ3v) is 4.68. The minimum atomic E-state index is -0.933. The fourth-order valence-electron chi connectivity index (χ4n) is 3.65. The van der Waals surface area contributed by atoms with Crippen molar-refractivity contribution in [2.24, 2.45) is 5.92 Å². The first-order valence-corrected chi connectivity index (χ1v) is 7.93. The normalized spacial score (nSPS) is 27.6. The molecule has 0 bridgehead atoms. The summed E-state index contributed by atoms with van der Waals surface area (Å²) in [7, 11) is 0. The van der Waals surface area contributed by atoms with Crippen LogP contribution in [-0.4, -0.2) is 40.6 Å². The number of nitrogens with one attached hydrogen (secondary N) is 1. The molecule has 2 rings (SSSR count). The molecule has 1 saturated carbocycles. The molecule has 1 aliphatic carbocycles. The topological polar surface area (TPSA) is 69.6 Å². The molecular formula is C15H26N2O3. The third kappa shape index (κ3) is 3.44. The number of carbonyl (C=O) groups is 2. The molecule has 2 N–H and O–H groups in total. The molecule has 1 heterocycles. The van der Waals surface area contributed by atoms with Crippen molar-refractivity contribution in [3.8, 4) is 0 Å². The Bertz CT molecular complexity index is 357. The number of piperidine rings is 1. The van der Waals surface area contributed by atoms with Crippen molar-refractivity contribution in [2.75, 3.05) is 6.54 Å². The van der Waals surface area contributed by atoms with Gasteiger partial charge in [-0.3, -0.25) is 0 Å². The predicted molar refractivity (Wildman–Crippen MR) is 76.5 cm³/mol. The highest BCUT2D eigenvalue weighted by Crippen LogP contribution is 2.35. The summed E-state index contributed by atoms with van der Waals surface area (Å²) in [5, 5.41) is 11.9. The van der Waals surface area contributed by atoms with Crippen LogP contribution < -0.4 is 5.32 Å². The number of aliphatic carboxylic acids is 1. The second-order valence-corrected chi connectivity index (χ2v) is 6.08. The number of fused-ring (bicyclic) bond motifs is 1. The molecule has 2 aliphatic rings. The molecule has 0 aromatic carbocycles. The van der Waals surface area contributed by atoms with Crippen molar-refractivity contribution < 1.29 is 14.7 Å². The molecule has 114 valence electrons. The fourth-order valence-corrected chi connectivity index (χ4v) is 3.65. The minimum absolute atomic E-state index is 0.178. The minimum Gasteiger partial charge on any atom is -0.480 e. The van der Waals surface area contributed by atoms with Gasteiger partial charge in [0.1, 0.15) is 6.04 Å². The monoisotopic (exact) mass is 282 g/mol. The van der Waals surface area contributed by atoms with Gasteiger partial charge in [0.05, 0.1) is 0 Å². The number of carboxylic acids is 1. The molecule has 0 spiro atoms. The zero-order valence-corrected chi connectivity index (χ0v) is 12.3. The van der Waals surface area contributed by atoms with Gasteiger partial charge in [0.2, 0.25) is 0 Å².